The number of hydrogen-bond acceptors (Lipinski definition) is 3. The number of rotatable bonds is 6. The Morgan fingerprint density at radius 3 is 1.81 bits per heavy atom. The zero-order valence-corrected chi connectivity index (χ0v) is 23.9. The quantitative estimate of drug-likeness (QED) is 0.152. The summed E-state index contributed by atoms with van der Waals surface area (Å²) in [5, 5.41) is 4.84. The number of fused-ring (bicyclic) bond motifs is 3. The van der Waals surface area contributed by atoms with Crippen LogP contribution in [0, 0.1) is 6.92 Å². The largest absolute Gasteiger partial charge is 0.208 e. The van der Waals surface area contributed by atoms with Crippen LogP contribution in [-0.2, 0) is 0 Å². The second-order valence-electron chi connectivity index (χ2n) is 10.6. The van der Waals surface area contributed by atoms with Crippen molar-refractivity contribution in [2.75, 3.05) is 0 Å². The molecule has 0 bridgehead atoms. The molecule has 204 valence electrons. The molecule has 0 aliphatic carbocycles. The number of nitrogens with zero attached hydrogens (tertiary/aromatic N) is 3. The molecule has 0 saturated carbocycles. The molecule has 6 aromatic carbocycles. The van der Waals surface area contributed by atoms with Gasteiger partial charge in [0, 0.05) is 16.7 Å². The van der Waals surface area contributed by atoms with Crippen LogP contribution < -0.4 is 0 Å². The van der Waals surface area contributed by atoms with Gasteiger partial charge >= 0.3 is 0 Å². The fraction of sp³-hybridized carbons (Fsp3) is 0.0250. The highest BCUT2D eigenvalue weighted by molar-refractivity contribution is 6.10. The maximum absolute atomic E-state index is 5.03. The van der Waals surface area contributed by atoms with Crippen molar-refractivity contribution < 1.29 is 0 Å². The summed E-state index contributed by atoms with van der Waals surface area (Å²) in [6.45, 7) is 6.01. The number of benzene rings is 6. The topological polar surface area (TPSA) is 38.7 Å². The summed E-state index contributed by atoms with van der Waals surface area (Å²) in [6, 6.07) is 44.1. The Morgan fingerprint density at radius 2 is 1.09 bits per heavy atom. The van der Waals surface area contributed by atoms with Gasteiger partial charge in [-0.25, -0.2) is 15.0 Å². The van der Waals surface area contributed by atoms with Gasteiger partial charge in [-0.1, -0.05) is 140 Å². The average molecular weight is 552 g/mol. The van der Waals surface area contributed by atoms with Crippen molar-refractivity contribution in [3.63, 3.8) is 0 Å². The predicted octanol–water partition coefficient (Wildman–Crippen LogP) is 10.4. The summed E-state index contributed by atoms with van der Waals surface area (Å²) >= 11 is 0. The van der Waals surface area contributed by atoms with E-state index in [1.165, 1.54) is 27.3 Å². The van der Waals surface area contributed by atoms with Gasteiger partial charge in [-0.05, 0) is 62.9 Å². The molecule has 7 rings (SSSR count). The minimum absolute atomic E-state index is 0.648. The molecule has 0 atom stereocenters. The van der Waals surface area contributed by atoms with E-state index < -0.39 is 0 Å². The first kappa shape index (κ1) is 26.2. The molecule has 1 aromatic heterocycles. The second-order valence-corrected chi connectivity index (χ2v) is 10.6. The minimum Gasteiger partial charge on any atom is -0.208 e. The summed E-state index contributed by atoms with van der Waals surface area (Å²) < 4.78 is 0. The van der Waals surface area contributed by atoms with Crippen LogP contribution in [0.25, 0.3) is 72.9 Å². The van der Waals surface area contributed by atoms with E-state index in [0.717, 1.165) is 33.2 Å². The van der Waals surface area contributed by atoms with E-state index >= 15 is 0 Å². The zero-order chi connectivity index (χ0) is 29.2. The maximum atomic E-state index is 5.03. The molecule has 1 heterocycles. The molecule has 0 spiro atoms. The van der Waals surface area contributed by atoms with Crippen molar-refractivity contribution >= 4 is 27.6 Å². The first-order valence-electron chi connectivity index (χ1n) is 14.4. The predicted molar refractivity (Wildman–Crippen MR) is 181 cm³/mol. The van der Waals surface area contributed by atoms with Gasteiger partial charge in [-0.15, -0.1) is 0 Å². The van der Waals surface area contributed by atoms with Crippen LogP contribution >= 0.6 is 0 Å². The Bertz CT molecular complexity index is 2150. The number of allylic oxidation sites excluding steroid dienone is 2. The standard InChI is InChI=1S/C40H29N3/c1-3-4-12-28-19-20-30-21-22-33-26-35(23-24-36(33)37(30)27(28)2)40-42-38(31-15-9-6-10-16-31)41-39(43-40)34-18-11-17-32(25-34)29-13-7-5-8-14-29/h3-26H,1H2,2H3/b12-4-. The fourth-order valence-corrected chi connectivity index (χ4v) is 5.66. The lowest BCUT2D eigenvalue weighted by molar-refractivity contribution is 1.07. The van der Waals surface area contributed by atoms with Crippen LogP contribution in [0.5, 0.6) is 0 Å². The van der Waals surface area contributed by atoms with Crippen LogP contribution in [0.1, 0.15) is 11.1 Å². The van der Waals surface area contributed by atoms with Gasteiger partial charge in [0.15, 0.2) is 17.5 Å². The summed E-state index contributed by atoms with van der Waals surface area (Å²) in [5.41, 5.74) is 7.57. The molecule has 3 nitrogen and oxygen atoms in total. The Kier molecular flexibility index (Phi) is 6.90. The van der Waals surface area contributed by atoms with Gasteiger partial charge in [0.1, 0.15) is 0 Å². The highest BCUT2D eigenvalue weighted by atomic mass is 15.0. The molecule has 0 radical (unpaired) electrons. The van der Waals surface area contributed by atoms with Crippen LogP contribution in [0.2, 0.25) is 0 Å². The lowest BCUT2D eigenvalue weighted by atomic mass is 9.94. The summed E-state index contributed by atoms with van der Waals surface area (Å²) in [5.74, 6) is 1.95. The second kappa shape index (κ2) is 11.3. The van der Waals surface area contributed by atoms with Gasteiger partial charge in [-0.2, -0.15) is 0 Å². The highest BCUT2D eigenvalue weighted by Crippen LogP contribution is 2.34. The molecule has 0 saturated heterocycles. The Labute approximate surface area is 251 Å². The third-order valence-corrected chi connectivity index (χ3v) is 7.87. The first-order chi connectivity index (χ1) is 21.2. The third-order valence-electron chi connectivity index (χ3n) is 7.87. The van der Waals surface area contributed by atoms with E-state index in [4.69, 9.17) is 15.0 Å². The molecule has 43 heavy (non-hydrogen) atoms. The zero-order valence-electron chi connectivity index (χ0n) is 23.9. The van der Waals surface area contributed by atoms with Crippen LogP contribution in [0.3, 0.4) is 0 Å². The monoisotopic (exact) mass is 551 g/mol. The molecule has 7 aromatic rings. The number of aryl methyl sites for hydroxylation is 1. The van der Waals surface area contributed by atoms with E-state index in [9.17, 15) is 0 Å². The average Bonchev–Trinajstić information content (AvgIpc) is 3.08. The van der Waals surface area contributed by atoms with E-state index in [0.29, 0.717) is 17.5 Å². The minimum atomic E-state index is 0.648. The van der Waals surface area contributed by atoms with Gasteiger partial charge in [-0.3, -0.25) is 0 Å². The van der Waals surface area contributed by atoms with Crippen molar-refractivity contribution in [2.45, 2.75) is 6.92 Å². The molecular formula is C40H29N3. The fourth-order valence-electron chi connectivity index (χ4n) is 5.66. The lowest BCUT2D eigenvalue weighted by Gasteiger charge is -2.12. The van der Waals surface area contributed by atoms with Crippen LogP contribution in [0.15, 0.2) is 146 Å². The van der Waals surface area contributed by atoms with Crippen molar-refractivity contribution in [3.05, 3.63) is 157 Å². The normalized spacial score (nSPS) is 11.4. The van der Waals surface area contributed by atoms with Crippen molar-refractivity contribution in [1.82, 2.24) is 15.0 Å². The Morgan fingerprint density at radius 1 is 0.512 bits per heavy atom. The Hall–Kier alpha value is -5.67. The van der Waals surface area contributed by atoms with Crippen molar-refractivity contribution in [2.24, 2.45) is 0 Å². The van der Waals surface area contributed by atoms with Gasteiger partial charge in [0.25, 0.3) is 0 Å². The number of hydrogen-bond donors (Lipinski definition) is 0. The molecule has 0 unspecified atom stereocenters. The lowest BCUT2D eigenvalue weighted by Crippen LogP contribution is -2.00. The third kappa shape index (κ3) is 5.13. The van der Waals surface area contributed by atoms with Gasteiger partial charge in [0.05, 0.1) is 0 Å². The summed E-state index contributed by atoms with van der Waals surface area (Å²) in [4.78, 5) is 14.9. The smallest absolute Gasteiger partial charge is 0.164 e. The SMILES string of the molecule is C=C/C=C\c1ccc2ccc3cc(-c4nc(-c5ccccc5)nc(-c5cccc(-c6ccccc6)c5)n4)ccc3c2c1C. The molecule has 0 aliphatic heterocycles. The van der Waals surface area contributed by atoms with E-state index in [2.05, 4.69) is 111 Å². The molecule has 0 fully saturated rings. The van der Waals surface area contributed by atoms with Gasteiger partial charge < -0.3 is 0 Å². The summed E-state index contributed by atoms with van der Waals surface area (Å²) in [7, 11) is 0. The highest BCUT2D eigenvalue weighted by Gasteiger charge is 2.14. The molecule has 3 heteroatoms. The van der Waals surface area contributed by atoms with Gasteiger partial charge in [0.2, 0.25) is 0 Å². The maximum Gasteiger partial charge on any atom is 0.164 e. The summed E-state index contributed by atoms with van der Waals surface area (Å²) in [6.07, 6.45) is 5.90. The van der Waals surface area contributed by atoms with Crippen LogP contribution in [-0.4, -0.2) is 15.0 Å². The first-order valence-corrected chi connectivity index (χ1v) is 14.4. The molecule has 0 N–H and O–H groups in total. The van der Waals surface area contributed by atoms with E-state index in [1.807, 2.05) is 48.6 Å². The van der Waals surface area contributed by atoms with Crippen molar-refractivity contribution in [1.29, 1.82) is 0 Å². The molecule has 0 aliphatic rings. The van der Waals surface area contributed by atoms with Crippen molar-refractivity contribution in [3.8, 4) is 45.3 Å². The number of aromatic nitrogens is 3. The van der Waals surface area contributed by atoms with E-state index in [1.54, 1.807) is 0 Å². The van der Waals surface area contributed by atoms with Crippen LogP contribution in [0.4, 0.5) is 0 Å². The Balaban J connectivity index is 1.39. The van der Waals surface area contributed by atoms with E-state index in [-0.39, 0.29) is 0 Å². The molecular weight excluding hydrogens is 522 g/mol. The molecule has 0 amide bonds.